The summed E-state index contributed by atoms with van der Waals surface area (Å²) in [6, 6.07) is 4.12. The number of nitrogens with zero attached hydrogens (tertiary/aromatic N) is 1. The molecule has 0 bridgehead atoms. The quantitative estimate of drug-likeness (QED) is 0.427. The number of halogens is 1. The van der Waals surface area contributed by atoms with E-state index in [1.165, 1.54) is 20.3 Å². The normalized spacial score (nSPS) is 12.3. The Morgan fingerprint density at radius 3 is 2.70 bits per heavy atom. The van der Waals surface area contributed by atoms with E-state index in [0.29, 0.717) is 6.54 Å². The average molecular weight is 285 g/mol. The maximum absolute atomic E-state index is 13.6. The summed E-state index contributed by atoms with van der Waals surface area (Å²) in [4.78, 5) is 13.4. The highest BCUT2D eigenvalue weighted by Gasteiger charge is 2.22. The first kappa shape index (κ1) is 16.4. The van der Waals surface area contributed by atoms with E-state index in [0.717, 1.165) is 5.56 Å². The Morgan fingerprint density at radius 1 is 1.50 bits per heavy atom. The van der Waals surface area contributed by atoms with Gasteiger partial charge in [-0.25, -0.2) is 10.2 Å². The number of rotatable bonds is 7. The monoisotopic (exact) mass is 285 g/mol. The molecule has 7 heteroatoms. The van der Waals surface area contributed by atoms with Crippen molar-refractivity contribution in [1.82, 2.24) is 10.3 Å². The number of hydrogen-bond acceptors (Lipinski definition) is 5. The third kappa shape index (κ3) is 4.16. The topological polar surface area (TPSA) is 76.8 Å². The van der Waals surface area contributed by atoms with E-state index in [4.69, 9.17) is 15.3 Å². The number of nitrogens with two attached hydrogens (primary N) is 1. The highest BCUT2D eigenvalue weighted by atomic mass is 19.1. The minimum absolute atomic E-state index is 0.185. The molecule has 0 radical (unpaired) electrons. The Hall–Kier alpha value is -1.70. The number of ether oxygens (including phenoxy) is 2. The number of hydrogen-bond donors (Lipinski definition) is 2. The number of methoxy groups -OCH3 is 2. The van der Waals surface area contributed by atoms with Gasteiger partial charge in [-0.05, 0) is 24.7 Å². The largest absolute Gasteiger partial charge is 0.494 e. The molecule has 6 nitrogen and oxygen atoms in total. The van der Waals surface area contributed by atoms with E-state index in [-0.39, 0.29) is 18.3 Å². The summed E-state index contributed by atoms with van der Waals surface area (Å²) in [7, 11) is 4.64. The molecule has 0 saturated carbocycles. The summed E-state index contributed by atoms with van der Waals surface area (Å²) >= 11 is 0. The maximum atomic E-state index is 13.6. The molecule has 1 atom stereocenters. The summed E-state index contributed by atoms with van der Waals surface area (Å²) in [5, 5.41) is 0. The molecule has 1 unspecified atom stereocenters. The molecule has 0 fully saturated rings. The zero-order valence-electron chi connectivity index (χ0n) is 11.9. The molecule has 1 rings (SSSR count). The van der Waals surface area contributed by atoms with E-state index in [1.54, 1.807) is 24.1 Å². The number of carbonyl (C=O) groups is 1. The van der Waals surface area contributed by atoms with Crippen molar-refractivity contribution in [3.05, 3.63) is 29.6 Å². The van der Waals surface area contributed by atoms with Crippen LogP contribution in [0.15, 0.2) is 18.2 Å². The first-order valence-corrected chi connectivity index (χ1v) is 6.05. The minimum atomic E-state index is -0.546. The number of nitrogens with one attached hydrogen (secondary N) is 1. The van der Waals surface area contributed by atoms with Crippen LogP contribution in [0.2, 0.25) is 0 Å². The fourth-order valence-corrected chi connectivity index (χ4v) is 1.86. The molecule has 0 aliphatic rings. The lowest BCUT2D eigenvalue weighted by Crippen LogP contribution is -2.49. The van der Waals surface area contributed by atoms with Gasteiger partial charge >= 0.3 is 0 Å². The van der Waals surface area contributed by atoms with E-state index in [2.05, 4.69) is 5.43 Å². The lowest BCUT2D eigenvalue weighted by atomic mass is 10.1. The van der Waals surface area contributed by atoms with Crippen molar-refractivity contribution in [1.29, 1.82) is 0 Å². The molecule has 20 heavy (non-hydrogen) atoms. The van der Waals surface area contributed by atoms with Gasteiger partial charge in [0.2, 0.25) is 0 Å². The van der Waals surface area contributed by atoms with Crippen molar-refractivity contribution < 1.29 is 18.7 Å². The summed E-state index contributed by atoms with van der Waals surface area (Å²) in [5.41, 5.74) is 2.81. The second kappa shape index (κ2) is 7.78. The highest BCUT2D eigenvalue weighted by molar-refractivity contribution is 5.81. The molecule has 3 N–H and O–H groups in total. The Kier molecular flexibility index (Phi) is 6.37. The van der Waals surface area contributed by atoms with Crippen molar-refractivity contribution in [2.75, 3.05) is 27.9 Å². The predicted molar refractivity (Wildman–Crippen MR) is 72.4 cm³/mol. The summed E-state index contributed by atoms with van der Waals surface area (Å²) in [5.74, 6) is 4.52. The molecule has 0 spiro atoms. The first-order valence-electron chi connectivity index (χ1n) is 6.05. The third-order valence-corrected chi connectivity index (χ3v) is 2.95. The fraction of sp³-hybridized carbons (Fsp3) is 0.462. The van der Waals surface area contributed by atoms with Gasteiger partial charge in [0.25, 0.3) is 5.91 Å². The van der Waals surface area contributed by atoms with Crippen LogP contribution in [0.25, 0.3) is 0 Å². The number of likely N-dealkylation sites (N-methyl/N-ethyl adjacent to an activating group) is 1. The molecule has 112 valence electrons. The lowest BCUT2D eigenvalue weighted by Gasteiger charge is -2.25. The van der Waals surface area contributed by atoms with Crippen LogP contribution in [0.1, 0.15) is 5.56 Å². The smallest absolute Gasteiger partial charge is 0.253 e. The molecule has 1 amide bonds. The van der Waals surface area contributed by atoms with Gasteiger partial charge in [-0.2, -0.15) is 0 Å². The van der Waals surface area contributed by atoms with Crippen molar-refractivity contribution >= 4 is 5.91 Å². The van der Waals surface area contributed by atoms with Gasteiger partial charge in [-0.3, -0.25) is 15.1 Å². The number of carbonyl (C=O) groups excluding carboxylic acids is 1. The van der Waals surface area contributed by atoms with E-state index in [9.17, 15) is 9.18 Å². The van der Waals surface area contributed by atoms with Crippen molar-refractivity contribution in [3.63, 3.8) is 0 Å². The number of benzene rings is 1. The summed E-state index contributed by atoms with van der Waals surface area (Å²) < 4.78 is 23.5. The van der Waals surface area contributed by atoms with Crippen LogP contribution in [-0.2, 0) is 16.1 Å². The molecule has 0 saturated heterocycles. The molecule has 1 aromatic carbocycles. The summed E-state index contributed by atoms with van der Waals surface area (Å²) in [6.45, 7) is 0.570. The van der Waals surface area contributed by atoms with Gasteiger partial charge < -0.3 is 9.47 Å². The molecule has 0 heterocycles. The zero-order chi connectivity index (χ0) is 15.1. The van der Waals surface area contributed by atoms with Crippen molar-refractivity contribution in [2.24, 2.45) is 5.84 Å². The second-order valence-electron chi connectivity index (χ2n) is 4.36. The number of amides is 1. The second-order valence-corrected chi connectivity index (χ2v) is 4.36. The Bertz CT molecular complexity index is 456. The molecule has 0 aliphatic carbocycles. The first-order chi connectivity index (χ1) is 9.53. The Morgan fingerprint density at radius 2 is 2.20 bits per heavy atom. The van der Waals surface area contributed by atoms with Gasteiger partial charge in [-0.1, -0.05) is 6.07 Å². The molecule has 0 aliphatic heterocycles. The minimum Gasteiger partial charge on any atom is -0.494 e. The van der Waals surface area contributed by atoms with Crippen LogP contribution in [-0.4, -0.2) is 44.7 Å². The van der Waals surface area contributed by atoms with Crippen LogP contribution in [0, 0.1) is 5.82 Å². The average Bonchev–Trinajstić information content (AvgIpc) is 2.44. The highest BCUT2D eigenvalue weighted by Crippen LogP contribution is 2.18. The van der Waals surface area contributed by atoms with Crippen molar-refractivity contribution in [2.45, 2.75) is 12.6 Å². The van der Waals surface area contributed by atoms with Gasteiger partial charge in [0.1, 0.15) is 6.04 Å². The standard InChI is InChI=1S/C13H20FN3O3/c1-17(11(8-19-2)13(18)16-15)7-9-4-5-12(20-3)10(14)6-9/h4-6,11H,7-8,15H2,1-3H3,(H,16,18). The number of hydrazine groups is 1. The van der Waals surface area contributed by atoms with Crippen LogP contribution in [0.3, 0.4) is 0 Å². The summed E-state index contributed by atoms with van der Waals surface area (Å²) in [6.07, 6.45) is 0. The zero-order valence-corrected chi connectivity index (χ0v) is 11.9. The fourth-order valence-electron chi connectivity index (χ4n) is 1.86. The SMILES string of the molecule is COCC(C(=O)NN)N(C)Cc1ccc(OC)c(F)c1. The van der Waals surface area contributed by atoms with Crippen LogP contribution in [0.4, 0.5) is 4.39 Å². The van der Waals surface area contributed by atoms with E-state index >= 15 is 0 Å². The van der Waals surface area contributed by atoms with Gasteiger partial charge in [0, 0.05) is 13.7 Å². The van der Waals surface area contributed by atoms with Gasteiger partial charge in [0.15, 0.2) is 11.6 Å². The van der Waals surface area contributed by atoms with Gasteiger partial charge in [0.05, 0.1) is 13.7 Å². The van der Waals surface area contributed by atoms with Crippen LogP contribution in [0.5, 0.6) is 5.75 Å². The van der Waals surface area contributed by atoms with Crippen molar-refractivity contribution in [3.8, 4) is 5.75 Å². The molecular weight excluding hydrogens is 265 g/mol. The third-order valence-electron chi connectivity index (χ3n) is 2.95. The van der Waals surface area contributed by atoms with E-state index < -0.39 is 11.9 Å². The van der Waals surface area contributed by atoms with Crippen LogP contribution < -0.4 is 16.0 Å². The predicted octanol–water partition coefficient (Wildman–Crippen LogP) is 0.271. The van der Waals surface area contributed by atoms with Crippen LogP contribution >= 0.6 is 0 Å². The molecule has 1 aromatic rings. The molecule has 0 aromatic heterocycles. The maximum Gasteiger partial charge on any atom is 0.253 e. The lowest BCUT2D eigenvalue weighted by molar-refractivity contribution is -0.128. The Labute approximate surface area is 117 Å². The molecular formula is C13H20FN3O3. The Balaban J connectivity index is 2.79. The van der Waals surface area contributed by atoms with E-state index in [1.807, 2.05) is 0 Å². The van der Waals surface area contributed by atoms with Gasteiger partial charge in [-0.15, -0.1) is 0 Å².